The largest absolute Gasteiger partial charge is 0.437 e. The Labute approximate surface area is 307 Å². The van der Waals surface area contributed by atoms with Crippen molar-refractivity contribution in [3.8, 4) is 0 Å². The molecule has 0 aromatic heterocycles. The SMILES string of the molecule is C[Si](C)(C)O[Si](C)(C)O[Si](C)(C)C.C[Si](C)(C)O[Si](C)(C)O[Si](C)(C)O[Si](C)(C)C.C[Si]1(C)CCCCCCCCO1.[3H]O[Si](C)(C)C. The van der Waals surface area contributed by atoms with Crippen LogP contribution in [0.4, 0.5) is 0 Å². The van der Waals surface area contributed by atoms with E-state index >= 15 is 0 Å². The van der Waals surface area contributed by atoms with Crippen LogP contribution in [-0.4, -0.2) is 88.4 Å². The third kappa shape index (κ3) is 47.7. The van der Waals surface area contributed by atoms with Crippen molar-refractivity contribution >= 4 is 75.6 Å². The molecule has 1 saturated heterocycles. The quantitative estimate of drug-likeness (QED) is 0.208. The van der Waals surface area contributed by atoms with Crippen LogP contribution in [-0.2, 0) is 25.0 Å². The third-order valence-electron chi connectivity index (χ3n) is 5.37. The lowest BCUT2D eigenvalue weighted by molar-refractivity contribution is 0.289. The summed E-state index contributed by atoms with van der Waals surface area (Å²) in [6.45, 7) is 51.0. The molecule has 1 rings (SSSR count). The second-order valence-electron chi connectivity index (χ2n) is 19.8. The van der Waals surface area contributed by atoms with Gasteiger partial charge in [0.25, 0.3) is 0 Å². The fourth-order valence-electron chi connectivity index (χ4n) is 5.38. The Bertz CT molecular complexity index is 790. The van der Waals surface area contributed by atoms with Gasteiger partial charge in [-0.25, -0.2) is 0 Å². The summed E-state index contributed by atoms with van der Waals surface area (Å²) in [5, 5.41) is 0. The molecule has 0 aromatic rings. The molecule has 16 heteroatoms. The normalized spacial score (nSPS) is 17.9. The van der Waals surface area contributed by atoms with Crippen LogP contribution in [0, 0.1) is 0 Å². The number of hydrogen-bond acceptors (Lipinski definition) is 7. The highest BCUT2D eigenvalue weighted by Gasteiger charge is 2.41. The molecule has 47 heavy (non-hydrogen) atoms. The zero-order valence-electron chi connectivity index (χ0n) is 37.0. The lowest BCUT2D eigenvalue weighted by atomic mass is 10.1. The van der Waals surface area contributed by atoms with Crippen LogP contribution in [0.2, 0.25) is 157 Å². The topological polar surface area (TPSA) is 75.6 Å². The molecular weight excluding hydrogens is 737 g/mol. The van der Waals surface area contributed by atoms with Crippen LogP contribution in [0.3, 0.4) is 0 Å². The standard InChI is InChI=1S/C10H30O3Si4.C10H22OSi.C8H24O2Si3.C3H10OSi/c1-14(2,3)11-16(7,8)13-17(9,10)12-15(4,5)6;1-12(2)10-8-6-4-3-5-7-9-11-12;1-11(2,3)9-13(7,8)10-12(4,5)6;1-5(2,3)4/h1-10H3;3-10H2,1-2H3;1-8H3;4H,1-3H3/i;;;4T. The van der Waals surface area contributed by atoms with Gasteiger partial charge in [-0.1, -0.05) is 32.1 Å². The second-order valence-corrected chi connectivity index (χ2v) is 57.7. The second kappa shape index (κ2) is 21.4. The van der Waals surface area contributed by atoms with Crippen LogP contribution in [0.25, 0.3) is 0 Å². The third-order valence-corrected chi connectivity index (χ3v) is 29.5. The van der Waals surface area contributed by atoms with Crippen LogP contribution in [0.15, 0.2) is 0 Å². The molecule has 0 atom stereocenters. The van der Waals surface area contributed by atoms with Gasteiger partial charge in [0.1, 0.15) is 0 Å². The highest BCUT2D eigenvalue weighted by atomic mass is 28.5. The predicted molar refractivity (Wildman–Crippen MR) is 233 cm³/mol. The van der Waals surface area contributed by atoms with E-state index in [0.29, 0.717) is 0 Å². The molecular formula is C31H86O7Si9. The van der Waals surface area contributed by atoms with Crippen molar-refractivity contribution in [2.75, 3.05) is 6.61 Å². The molecule has 0 saturated carbocycles. The Kier molecular flexibility index (Phi) is 23.1. The summed E-state index contributed by atoms with van der Waals surface area (Å²) >= 11 is 0. The Balaban J connectivity index is -0.000000590. The lowest BCUT2D eigenvalue weighted by Gasteiger charge is -2.39. The van der Waals surface area contributed by atoms with Gasteiger partial charge in [-0.3, -0.25) is 0 Å². The van der Waals surface area contributed by atoms with Crippen LogP contribution >= 0.6 is 0 Å². The predicted octanol–water partition coefficient (Wildman–Crippen LogP) is 11.9. The Hall–Kier alpha value is 1.67. The van der Waals surface area contributed by atoms with Gasteiger partial charge in [0.05, 0.1) is 0 Å². The van der Waals surface area contributed by atoms with E-state index in [2.05, 4.69) is 136 Å². The first kappa shape index (κ1) is 50.8. The minimum absolute atomic E-state index is 1.03. The van der Waals surface area contributed by atoms with Gasteiger partial charge < -0.3 is 29.8 Å². The minimum atomic E-state index is -2.05. The Morgan fingerprint density at radius 1 is 0.447 bits per heavy atom. The molecule has 0 radical (unpaired) electrons. The van der Waals surface area contributed by atoms with Gasteiger partial charge in [0, 0.05) is 6.61 Å². The van der Waals surface area contributed by atoms with Gasteiger partial charge in [0.2, 0.25) is 0 Å². The molecule has 1 heterocycles. The fraction of sp³-hybridized carbons (Fsp3) is 1.00. The van der Waals surface area contributed by atoms with Gasteiger partial charge >= 0.3 is 25.7 Å². The van der Waals surface area contributed by atoms with Gasteiger partial charge in [-0.2, -0.15) is 0 Å². The molecule has 0 aromatic carbocycles. The first-order chi connectivity index (χ1) is 20.8. The van der Waals surface area contributed by atoms with E-state index in [9.17, 15) is 0 Å². The summed E-state index contributed by atoms with van der Waals surface area (Å²) in [6.07, 6.45) is 8.37. The van der Waals surface area contributed by atoms with Gasteiger partial charge in [-0.05, 0) is 163 Å². The molecule has 7 nitrogen and oxygen atoms in total. The van der Waals surface area contributed by atoms with Gasteiger partial charge in [0.15, 0.2) is 51.3 Å². The fourth-order valence-corrected chi connectivity index (χ4v) is 37.3. The Morgan fingerprint density at radius 3 is 0.979 bits per heavy atom. The summed E-state index contributed by atoms with van der Waals surface area (Å²) in [5.74, 6) is 0. The molecule has 0 unspecified atom stereocenters. The Morgan fingerprint density at radius 2 is 0.702 bits per heavy atom. The maximum atomic E-state index is 6.42. The van der Waals surface area contributed by atoms with E-state index in [1.165, 1.54) is 44.6 Å². The maximum absolute atomic E-state index is 6.42. The monoisotopic (exact) mass is 824 g/mol. The zero-order valence-corrected chi connectivity index (χ0v) is 45.0. The van der Waals surface area contributed by atoms with E-state index in [1.54, 1.807) is 0 Å². The van der Waals surface area contributed by atoms with Crippen LogP contribution in [0.1, 0.15) is 38.5 Å². The minimum Gasteiger partial charge on any atom is -0.437 e. The number of hydrogen-bond donors (Lipinski definition) is 1. The summed E-state index contributed by atoms with van der Waals surface area (Å²) in [6, 6.07) is 1.37. The van der Waals surface area contributed by atoms with Crippen LogP contribution < -0.4 is 0 Å². The molecule has 0 spiro atoms. The van der Waals surface area contributed by atoms with E-state index in [1.807, 2.05) is 19.6 Å². The molecule has 288 valence electrons. The van der Waals surface area contributed by atoms with Crippen molar-refractivity contribution < 1.29 is 29.8 Å². The first-order valence-electron chi connectivity index (χ1n) is 18.5. The van der Waals surface area contributed by atoms with E-state index in [0.717, 1.165) is 6.61 Å². The summed E-state index contributed by atoms with van der Waals surface area (Å²) in [7, 11) is -14.6. The maximum Gasteiger partial charge on any atom is 0.312 e. The molecule has 1 N–H and O–H groups in total. The molecule has 0 amide bonds. The summed E-state index contributed by atoms with van der Waals surface area (Å²) in [5.41, 5.74) is 0. The molecule has 0 bridgehead atoms. The average molecular weight is 826 g/mol. The van der Waals surface area contributed by atoms with Crippen molar-refractivity contribution in [3.05, 3.63) is 0 Å². The molecule has 1 fully saturated rings. The summed E-state index contributed by atoms with van der Waals surface area (Å²) < 4.78 is 43.2. The summed E-state index contributed by atoms with van der Waals surface area (Å²) in [4.78, 5) is 4.33. The molecule has 1 aliphatic rings. The average Bonchev–Trinajstić information content (AvgIpc) is 2.71. The smallest absolute Gasteiger partial charge is 0.312 e. The van der Waals surface area contributed by atoms with Crippen molar-refractivity contribution in [2.24, 2.45) is 0 Å². The van der Waals surface area contributed by atoms with E-state index in [-0.39, 0.29) is 0 Å². The van der Waals surface area contributed by atoms with E-state index in [4.69, 9.17) is 26.4 Å². The highest BCUT2D eigenvalue weighted by molar-refractivity contribution is 6.89. The lowest BCUT2D eigenvalue weighted by Crippen LogP contribution is -2.55. The van der Waals surface area contributed by atoms with Crippen LogP contribution in [0.5, 0.6) is 0 Å². The van der Waals surface area contributed by atoms with E-state index < -0.39 is 75.6 Å². The number of rotatable bonds is 11. The first-order valence-corrected chi connectivity index (χ1v) is 46.7. The molecule has 1 aliphatic heterocycles. The van der Waals surface area contributed by atoms with Crippen molar-refractivity contribution in [1.82, 2.24) is 0 Å². The highest BCUT2D eigenvalue weighted by Crippen LogP contribution is 2.24. The van der Waals surface area contributed by atoms with Crippen molar-refractivity contribution in [2.45, 2.75) is 195 Å². The molecule has 0 aliphatic carbocycles. The van der Waals surface area contributed by atoms with Crippen molar-refractivity contribution in [1.29, 1.82) is 1.43 Å². The van der Waals surface area contributed by atoms with Gasteiger partial charge in [-0.15, -0.1) is 0 Å². The van der Waals surface area contributed by atoms with Crippen molar-refractivity contribution in [3.63, 3.8) is 0 Å². The zero-order chi connectivity index (χ0) is 39.1.